The number of halogens is 5. The first-order valence-electron chi connectivity index (χ1n) is 5.87. The zero-order chi connectivity index (χ0) is 15.5. The first-order valence-corrected chi connectivity index (χ1v) is 6.25. The Hall–Kier alpha value is -1.67. The van der Waals surface area contributed by atoms with Crippen LogP contribution < -0.4 is 5.32 Å². The van der Waals surface area contributed by atoms with Crippen molar-refractivity contribution < 1.29 is 22.1 Å². The van der Waals surface area contributed by atoms with Crippen LogP contribution in [0.3, 0.4) is 0 Å². The molecule has 2 aromatic rings. The molecule has 2 rings (SSSR count). The van der Waals surface area contributed by atoms with Crippen LogP contribution in [0.15, 0.2) is 22.7 Å². The van der Waals surface area contributed by atoms with E-state index >= 15 is 0 Å². The van der Waals surface area contributed by atoms with Crippen molar-refractivity contribution >= 4 is 11.6 Å². The molecule has 1 aromatic carbocycles. The molecule has 0 aliphatic heterocycles. The van der Waals surface area contributed by atoms with Gasteiger partial charge in [-0.25, -0.2) is 4.39 Å². The largest absolute Gasteiger partial charge is 0.401 e. The first kappa shape index (κ1) is 15.7. The van der Waals surface area contributed by atoms with Gasteiger partial charge in [0.25, 0.3) is 0 Å². The fourth-order valence-electron chi connectivity index (χ4n) is 1.60. The van der Waals surface area contributed by atoms with E-state index in [-0.39, 0.29) is 35.3 Å². The summed E-state index contributed by atoms with van der Waals surface area (Å²) in [6.07, 6.45) is -4.28. The smallest absolute Gasteiger partial charge is 0.338 e. The summed E-state index contributed by atoms with van der Waals surface area (Å²) in [5.41, 5.74) is 0.276. The maximum absolute atomic E-state index is 13.7. The summed E-state index contributed by atoms with van der Waals surface area (Å²) < 4.78 is 54.3. The molecule has 9 heteroatoms. The number of hydrogen-bond acceptors (Lipinski definition) is 4. The summed E-state index contributed by atoms with van der Waals surface area (Å²) in [5.74, 6) is -0.419. The van der Waals surface area contributed by atoms with Gasteiger partial charge in [-0.05, 0) is 11.6 Å². The summed E-state index contributed by atoms with van der Waals surface area (Å²) in [6.45, 7) is -1.38. The van der Waals surface area contributed by atoms with Gasteiger partial charge in [0.1, 0.15) is 5.82 Å². The Bertz CT molecular complexity index is 615. The zero-order valence-corrected chi connectivity index (χ0v) is 11.3. The Morgan fingerprint density at radius 2 is 2.05 bits per heavy atom. The predicted octanol–water partition coefficient (Wildman–Crippen LogP) is 3.10. The van der Waals surface area contributed by atoms with Crippen LogP contribution in [0.4, 0.5) is 17.6 Å². The van der Waals surface area contributed by atoms with Crippen LogP contribution in [-0.2, 0) is 13.0 Å². The predicted molar refractivity (Wildman–Crippen MR) is 66.3 cm³/mol. The maximum atomic E-state index is 13.7. The highest BCUT2D eigenvalue weighted by Gasteiger charge is 2.26. The SMILES string of the molecule is Fc1c(Cl)cccc1Cc1noc(CNCC(F)(F)F)n1. The topological polar surface area (TPSA) is 51.0 Å². The third-order valence-electron chi connectivity index (χ3n) is 2.49. The molecule has 1 heterocycles. The third-order valence-corrected chi connectivity index (χ3v) is 2.78. The molecule has 0 spiro atoms. The normalized spacial score (nSPS) is 11.9. The molecular weight excluding hydrogens is 314 g/mol. The average Bonchev–Trinajstić information content (AvgIpc) is 2.81. The average molecular weight is 324 g/mol. The fraction of sp³-hybridized carbons (Fsp3) is 0.333. The van der Waals surface area contributed by atoms with E-state index in [1.54, 1.807) is 6.07 Å². The summed E-state index contributed by atoms with van der Waals surface area (Å²) in [6, 6.07) is 4.49. The van der Waals surface area contributed by atoms with Gasteiger partial charge in [-0.1, -0.05) is 28.9 Å². The molecule has 0 aliphatic rings. The highest BCUT2D eigenvalue weighted by Crippen LogP contribution is 2.19. The molecule has 0 bridgehead atoms. The van der Waals surface area contributed by atoms with Gasteiger partial charge in [0, 0.05) is 6.42 Å². The quantitative estimate of drug-likeness (QED) is 0.859. The number of hydrogen-bond donors (Lipinski definition) is 1. The summed E-state index contributed by atoms with van der Waals surface area (Å²) >= 11 is 5.64. The number of benzene rings is 1. The molecule has 0 unspecified atom stereocenters. The van der Waals surface area contributed by atoms with Crippen LogP contribution in [-0.4, -0.2) is 22.9 Å². The fourth-order valence-corrected chi connectivity index (χ4v) is 1.79. The van der Waals surface area contributed by atoms with E-state index in [1.165, 1.54) is 12.1 Å². The van der Waals surface area contributed by atoms with Crippen molar-refractivity contribution in [2.45, 2.75) is 19.1 Å². The number of nitrogens with zero attached hydrogens (tertiary/aromatic N) is 2. The van der Waals surface area contributed by atoms with Crippen molar-refractivity contribution in [1.82, 2.24) is 15.5 Å². The van der Waals surface area contributed by atoms with Gasteiger partial charge in [0.15, 0.2) is 5.82 Å². The van der Waals surface area contributed by atoms with Gasteiger partial charge in [-0.15, -0.1) is 0 Å². The third kappa shape index (κ3) is 4.68. The number of nitrogens with one attached hydrogen (secondary N) is 1. The van der Waals surface area contributed by atoms with Crippen LogP contribution in [0.5, 0.6) is 0 Å². The Kier molecular flexibility index (Phi) is 4.79. The zero-order valence-electron chi connectivity index (χ0n) is 10.5. The molecule has 1 aromatic heterocycles. The van der Waals surface area contributed by atoms with E-state index in [9.17, 15) is 17.6 Å². The summed E-state index contributed by atoms with van der Waals surface area (Å²) in [7, 11) is 0. The van der Waals surface area contributed by atoms with Gasteiger partial charge in [-0.3, -0.25) is 0 Å². The molecule has 0 fully saturated rings. The van der Waals surface area contributed by atoms with Crippen LogP contribution in [0.25, 0.3) is 0 Å². The van der Waals surface area contributed by atoms with Gasteiger partial charge >= 0.3 is 6.18 Å². The molecule has 0 saturated carbocycles. The lowest BCUT2D eigenvalue weighted by Gasteiger charge is -2.05. The molecule has 0 saturated heterocycles. The van der Waals surface area contributed by atoms with Crippen molar-refractivity contribution in [3.63, 3.8) is 0 Å². The Morgan fingerprint density at radius 1 is 1.29 bits per heavy atom. The molecule has 0 atom stereocenters. The standard InChI is InChI=1S/C12H10ClF4N3O/c13-8-3-1-2-7(11(8)14)4-9-19-10(21-20-9)5-18-6-12(15,16)17/h1-3,18H,4-6H2. The van der Waals surface area contributed by atoms with Gasteiger partial charge < -0.3 is 9.84 Å². The second-order valence-corrected chi connectivity index (χ2v) is 4.62. The number of aromatic nitrogens is 2. The van der Waals surface area contributed by atoms with E-state index in [4.69, 9.17) is 16.1 Å². The highest BCUT2D eigenvalue weighted by atomic mass is 35.5. The van der Waals surface area contributed by atoms with Gasteiger partial charge in [0.05, 0.1) is 18.1 Å². The Labute approximate surface area is 122 Å². The molecular formula is C12H10ClF4N3O. The molecule has 4 nitrogen and oxygen atoms in total. The molecule has 1 N–H and O–H groups in total. The van der Waals surface area contributed by atoms with E-state index < -0.39 is 18.5 Å². The molecule has 0 radical (unpaired) electrons. The first-order chi connectivity index (χ1) is 9.85. The minimum absolute atomic E-state index is 0.00307. The van der Waals surface area contributed by atoms with Crippen molar-refractivity contribution in [3.8, 4) is 0 Å². The van der Waals surface area contributed by atoms with Crippen LogP contribution in [0.2, 0.25) is 5.02 Å². The number of rotatable bonds is 5. The maximum Gasteiger partial charge on any atom is 0.401 e. The van der Waals surface area contributed by atoms with E-state index in [1.807, 2.05) is 0 Å². The molecule has 114 valence electrons. The van der Waals surface area contributed by atoms with Gasteiger partial charge in [-0.2, -0.15) is 18.2 Å². The van der Waals surface area contributed by atoms with Crippen LogP contribution in [0, 0.1) is 5.82 Å². The second kappa shape index (κ2) is 6.40. The minimum atomic E-state index is -4.31. The summed E-state index contributed by atoms with van der Waals surface area (Å²) in [5, 5.41) is 5.68. The van der Waals surface area contributed by atoms with Crippen molar-refractivity contribution in [2.75, 3.05) is 6.54 Å². The highest BCUT2D eigenvalue weighted by molar-refractivity contribution is 6.30. The van der Waals surface area contributed by atoms with Crippen molar-refractivity contribution in [1.29, 1.82) is 0 Å². The molecule has 21 heavy (non-hydrogen) atoms. The summed E-state index contributed by atoms with van der Waals surface area (Å²) in [4.78, 5) is 3.88. The number of alkyl halides is 3. The lowest BCUT2D eigenvalue weighted by atomic mass is 10.1. The van der Waals surface area contributed by atoms with Gasteiger partial charge in [0.2, 0.25) is 5.89 Å². The lowest BCUT2D eigenvalue weighted by Crippen LogP contribution is -2.28. The van der Waals surface area contributed by atoms with Crippen LogP contribution in [0.1, 0.15) is 17.3 Å². The Balaban J connectivity index is 1.95. The molecule has 0 aliphatic carbocycles. The second-order valence-electron chi connectivity index (χ2n) is 4.21. The molecule has 0 amide bonds. The van der Waals surface area contributed by atoms with Crippen molar-refractivity contribution in [2.24, 2.45) is 0 Å². The van der Waals surface area contributed by atoms with E-state index in [2.05, 4.69) is 15.5 Å². The minimum Gasteiger partial charge on any atom is -0.338 e. The lowest BCUT2D eigenvalue weighted by molar-refractivity contribution is -0.125. The van der Waals surface area contributed by atoms with E-state index in [0.717, 1.165) is 0 Å². The van der Waals surface area contributed by atoms with E-state index in [0.29, 0.717) is 0 Å². The van der Waals surface area contributed by atoms with Crippen molar-refractivity contribution in [3.05, 3.63) is 46.3 Å². The van der Waals surface area contributed by atoms with Crippen LogP contribution >= 0.6 is 11.6 Å². The Morgan fingerprint density at radius 3 is 2.76 bits per heavy atom. The monoisotopic (exact) mass is 323 g/mol.